The highest BCUT2D eigenvalue weighted by Crippen LogP contribution is 2.46. The van der Waals surface area contributed by atoms with Gasteiger partial charge in [0.05, 0.1) is 22.4 Å². The van der Waals surface area contributed by atoms with Crippen molar-refractivity contribution in [3.8, 4) is 11.5 Å². The summed E-state index contributed by atoms with van der Waals surface area (Å²) >= 11 is 1.30. The first kappa shape index (κ1) is 23.7. The molecular weight excluding hydrogens is 510 g/mol. The lowest BCUT2D eigenvalue weighted by Crippen LogP contribution is -2.35. The highest BCUT2D eigenvalue weighted by atomic mass is 32.1. The number of carbonyl (C=O) groups excluding carboxylic acids is 2. The van der Waals surface area contributed by atoms with Gasteiger partial charge < -0.3 is 20.3 Å². The number of ether oxygens (including phenoxy) is 1. The van der Waals surface area contributed by atoms with Gasteiger partial charge in [-0.05, 0) is 74.6 Å². The molecule has 3 aliphatic rings. The highest BCUT2D eigenvalue weighted by molar-refractivity contribution is 7.21. The Balaban J connectivity index is 1.20. The monoisotopic (exact) mass is 537 g/mol. The number of thiophene rings is 1. The topological polar surface area (TPSA) is 86.8 Å². The van der Waals surface area contributed by atoms with Gasteiger partial charge in [0, 0.05) is 30.7 Å². The summed E-state index contributed by atoms with van der Waals surface area (Å²) in [4.78, 5) is 36.6. The molecular formula is C30H27N5O3S. The van der Waals surface area contributed by atoms with Gasteiger partial charge in [-0.2, -0.15) is 0 Å². The van der Waals surface area contributed by atoms with Crippen LogP contribution in [0, 0.1) is 6.92 Å². The predicted octanol–water partition coefficient (Wildman–Crippen LogP) is 6.91. The van der Waals surface area contributed by atoms with Crippen molar-refractivity contribution in [1.82, 2.24) is 15.2 Å². The van der Waals surface area contributed by atoms with E-state index in [1.54, 1.807) is 11.1 Å². The Bertz CT molecular complexity index is 1640. The first-order valence-corrected chi connectivity index (χ1v) is 14.0. The van der Waals surface area contributed by atoms with Crippen LogP contribution < -0.4 is 20.3 Å². The Kier molecular flexibility index (Phi) is 5.73. The third kappa shape index (κ3) is 4.38. The molecule has 2 N–H and O–H groups in total. The second-order valence-electron chi connectivity index (χ2n) is 10.1. The zero-order valence-corrected chi connectivity index (χ0v) is 22.3. The number of pyridine rings is 1. The molecule has 0 atom stereocenters. The van der Waals surface area contributed by atoms with Crippen LogP contribution in [-0.2, 0) is 0 Å². The smallest absolute Gasteiger partial charge is 0.331 e. The van der Waals surface area contributed by atoms with Crippen LogP contribution in [0.4, 0.5) is 21.9 Å². The van der Waals surface area contributed by atoms with Gasteiger partial charge in [0.15, 0.2) is 0 Å². The number of aromatic nitrogens is 1. The summed E-state index contributed by atoms with van der Waals surface area (Å²) in [5, 5.41) is 6.87. The van der Waals surface area contributed by atoms with Gasteiger partial charge in [0.1, 0.15) is 21.2 Å². The van der Waals surface area contributed by atoms with Gasteiger partial charge >= 0.3 is 6.03 Å². The van der Waals surface area contributed by atoms with Crippen LogP contribution in [0.5, 0.6) is 11.5 Å². The van der Waals surface area contributed by atoms with E-state index in [2.05, 4.69) is 26.7 Å². The number of aryl methyl sites for hydroxylation is 1. The maximum atomic E-state index is 13.5. The van der Waals surface area contributed by atoms with Crippen LogP contribution in [-0.4, -0.2) is 34.4 Å². The summed E-state index contributed by atoms with van der Waals surface area (Å²) in [5.41, 5.74) is 3.76. The molecule has 0 unspecified atom stereocenters. The summed E-state index contributed by atoms with van der Waals surface area (Å²) in [7, 11) is 0. The van der Waals surface area contributed by atoms with E-state index in [1.807, 2.05) is 61.5 Å². The molecule has 0 bridgehead atoms. The summed E-state index contributed by atoms with van der Waals surface area (Å²) < 4.78 is 5.98. The zero-order valence-electron chi connectivity index (χ0n) is 21.4. The lowest BCUT2D eigenvalue weighted by molar-refractivity contribution is 0.0967. The number of carbonyl (C=O) groups is 2. The van der Waals surface area contributed by atoms with Crippen LogP contribution in [0.3, 0.4) is 0 Å². The van der Waals surface area contributed by atoms with Gasteiger partial charge in [0.25, 0.3) is 5.91 Å². The minimum Gasteiger partial charge on any atom is -0.457 e. The van der Waals surface area contributed by atoms with E-state index in [-0.39, 0.29) is 11.9 Å². The summed E-state index contributed by atoms with van der Waals surface area (Å²) in [5.74, 6) is 1.22. The van der Waals surface area contributed by atoms with Crippen LogP contribution in [0.15, 0.2) is 72.7 Å². The largest absolute Gasteiger partial charge is 0.457 e. The van der Waals surface area contributed by atoms with Crippen molar-refractivity contribution in [3.63, 3.8) is 0 Å². The van der Waals surface area contributed by atoms with E-state index in [4.69, 9.17) is 4.74 Å². The van der Waals surface area contributed by atoms with E-state index >= 15 is 0 Å². The minimum absolute atomic E-state index is 0.213. The fraction of sp³-hybridized carbons (Fsp3) is 0.233. The molecule has 2 aromatic carbocycles. The normalized spacial score (nSPS) is 16.6. The third-order valence-corrected chi connectivity index (χ3v) is 8.41. The van der Waals surface area contributed by atoms with Gasteiger partial charge in [0.2, 0.25) is 0 Å². The van der Waals surface area contributed by atoms with Crippen LogP contribution in [0.2, 0.25) is 0 Å². The molecule has 2 aromatic heterocycles. The Morgan fingerprint density at radius 3 is 2.74 bits per heavy atom. The molecule has 1 fully saturated rings. The molecule has 39 heavy (non-hydrogen) atoms. The predicted molar refractivity (Wildman–Crippen MR) is 153 cm³/mol. The number of para-hydroxylation sites is 1. The van der Waals surface area contributed by atoms with Gasteiger partial charge in [-0.3, -0.25) is 9.69 Å². The second-order valence-corrected chi connectivity index (χ2v) is 11.1. The van der Waals surface area contributed by atoms with Crippen molar-refractivity contribution in [2.45, 2.75) is 38.6 Å². The van der Waals surface area contributed by atoms with E-state index in [0.29, 0.717) is 32.9 Å². The fourth-order valence-corrected chi connectivity index (χ4v) is 6.34. The molecule has 0 spiro atoms. The zero-order chi connectivity index (χ0) is 26.5. The van der Waals surface area contributed by atoms with Crippen molar-refractivity contribution in [1.29, 1.82) is 0 Å². The molecule has 1 aliphatic carbocycles. The molecule has 0 radical (unpaired) electrons. The number of rotatable bonds is 6. The minimum atomic E-state index is -0.320. The maximum absolute atomic E-state index is 13.5. The maximum Gasteiger partial charge on any atom is 0.331 e. The average Bonchev–Trinajstić information content (AvgIpc) is 3.73. The van der Waals surface area contributed by atoms with E-state index in [0.717, 1.165) is 47.5 Å². The van der Waals surface area contributed by atoms with Crippen molar-refractivity contribution < 1.29 is 14.3 Å². The molecule has 7 rings (SSSR count). The number of nitrogens with zero attached hydrogens (tertiary/aromatic N) is 3. The van der Waals surface area contributed by atoms with Crippen molar-refractivity contribution >= 4 is 50.6 Å². The van der Waals surface area contributed by atoms with Gasteiger partial charge in [-0.1, -0.05) is 18.2 Å². The molecule has 4 heterocycles. The van der Waals surface area contributed by atoms with Crippen molar-refractivity contribution in [2.24, 2.45) is 0 Å². The molecule has 9 heteroatoms. The summed E-state index contributed by atoms with van der Waals surface area (Å²) in [6.45, 7) is 2.99. The summed E-state index contributed by atoms with van der Waals surface area (Å²) in [6.07, 6.45) is 8.07. The molecule has 0 saturated heterocycles. The first-order chi connectivity index (χ1) is 19.0. The number of amides is 3. The Labute approximate surface area is 229 Å². The Morgan fingerprint density at radius 1 is 1.10 bits per heavy atom. The lowest BCUT2D eigenvalue weighted by atomic mass is 10.1. The number of allylic oxidation sites excluding steroid dienone is 1. The second kappa shape index (κ2) is 9.43. The van der Waals surface area contributed by atoms with E-state index in [1.165, 1.54) is 24.2 Å². The number of anilines is 3. The van der Waals surface area contributed by atoms with E-state index in [9.17, 15) is 9.59 Å². The number of hydrogen-bond acceptors (Lipinski definition) is 6. The molecule has 4 aromatic rings. The molecule has 1 saturated carbocycles. The molecule has 196 valence electrons. The molecule has 3 amide bonds. The SMILES string of the molecule is Cc1cc(Oc2ccccc2)ccc1N1C(=O)Nc2c(C(=O)NC3=CN(C4CC4)CCC3)sc3nccc1c23. The number of urea groups is 1. The summed E-state index contributed by atoms with van der Waals surface area (Å²) in [6, 6.07) is 17.3. The van der Waals surface area contributed by atoms with Crippen molar-refractivity contribution in [3.05, 3.63) is 83.1 Å². The quantitative estimate of drug-likeness (QED) is 0.279. The average molecular weight is 538 g/mol. The first-order valence-electron chi connectivity index (χ1n) is 13.2. The third-order valence-electron chi connectivity index (χ3n) is 7.31. The standard InChI is InChI=1S/C30H27N5O3S/c1-18-16-22(38-21-7-3-2-4-8-21)11-12-23(18)35-24-13-14-31-29-25(24)26(33-30(35)37)27(39-29)28(36)32-19-6-5-15-34(17-19)20-9-10-20/h2-4,7-8,11-14,16-17,20H,5-6,9-10,15H2,1H3,(H,32,36)(H,33,37). The van der Waals surface area contributed by atoms with Crippen LogP contribution >= 0.6 is 11.3 Å². The molecule has 8 nitrogen and oxygen atoms in total. The lowest BCUT2D eigenvalue weighted by Gasteiger charge is -2.30. The number of hydrogen-bond donors (Lipinski definition) is 2. The highest BCUT2D eigenvalue weighted by Gasteiger charge is 2.34. The van der Waals surface area contributed by atoms with Gasteiger partial charge in [-0.15, -0.1) is 11.3 Å². The molecule has 2 aliphatic heterocycles. The number of nitrogens with one attached hydrogen (secondary N) is 2. The Hall–Kier alpha value is -4.37. The van der Waals surface area contributed by atoms with Crippen molar-refractivity contribution in [2.75, 3.05) is 16.8 Å². The van der Waals surface area contributed by atoms with Crippen LogP contribution in [0.25, 0.3) is 10.2 Å². The van der Waals surface area contributed by atoms with Crippen LogP contribution in [0.1, 0.15) is 40.9 Å². The Morgan fingerprint density at radius 2 is 1.95 bits per heavy atom. The van der Waals surface area contributed by atoms with Gasteiger partial charge in [-0.25, -0.2) is 9.78 Å². The number of benzene rings is 2. The fourth-order valence-electron chi connectivity index (χ4n) is 5.32. The van der Waals surface area contributed by atoms with E-state index < -0.39 is 0 Å².